The van der Waals surface area contributed by atoms with Crippen LogP contribution in [0.2, 0.25) is 0 Å². The molecule has 2 N–H and O–H groups in total. The zero-order valence-corrected chi connectivity index (χ0v) is 15.8. The molecule has 1 aliphatic rings. The van der Waals surface area contributed by atoms with Gasteiger partial charge in [0.05, 0.1) is 16.8 Å². The molecule has 6 nitrogen and oxygen atoms in total. The number of hydrogen-bond acceptors (Lipinski definition) is 5. The summed E-state index contributed by atoms with van der Waals surface area (Å²) in [5.74, 6) is -0.492. The second-order valence-electron chi connectivity index (χ2n) is 6.69. The van der Waals surface area contributed by atoms with E-state index in [9.17, 15) is 12.8 Å². The van der Waals surface area contributed by atoms with Crippen LogP contribution in [0.5, 0.6) is 0 Å². The van der Waals surface area contributed by atoms with Crippen molar-refractivity contribution in [1.29, 1.82) is 0 Å². The summed E-state index contributed by atoms with van der Waals surface area (Å²) in [5, 5.41) is 0. The quantitative estimate of drug-likeness (QED) is 0.730. The van der Waals surface area contributed by atoms with Crippen LogP contribution < -0.4 is 5.73 Å². The Morgan fingerprint density at radius 3 is 2.61 bits per heavy atom. The van der Waals surface area contributed by atoms with Crippen molar-refractivity contribution < 1.29 is 12.8 Å². The van der Waals surface area contributed by atoms with Gasteiger partial charge in [0.1, 0.15) is 5.82 Å². The molecule has 3 aromatic rings. The van der Waals surface area contributed by atoms with Crippen LogP contribution in [-0.4, -0.2) is 41.8 Å². The molecule has 0 radical (unpaired) electrons. The number of hydrogen-bond donors (Lipinski definition) is 1. The van der Waals surface area contributed by atoms with Crippen LogP contribution in [0.25, 0.3) is 22.4 Å². The summed E-state index contributed by atoms with van der Waals surface area (Å²) < 4.78 is 42.4. The minimum Gasteiger partial charge on any atom is -0.326 e. The third-order valence-corrected chi connectivity index (χ3v) is 6.73. The molecular weight excluding hydrogens is 379 g/mol. The predicted octanol–water partition coefficient (Wildman–Crippen LogP) is 2.67. The van der Waals surface area contributed by atoms with Crippen molar-refractivity contribution in [3.63, 3.8) is 0 Å². The Morgan fingerprint density at radius 2 is 1.93 bits per heavy atom. The summed E-state index contributed by atoms with van der Waals surface area (Å²) >= 11 is 0. The van der Waals surface area contributed by atoms with Gasteiger partial charge in [0.2, 0.25) is 10.0 Å². The molecule has 2 heterocycles. The molecule has 0 saturated carbocycles. The topological polar surface area (TPSA) is 89.2 Å². The van der Waals surface area contributed by atoms with Gasteiger partial charge in [0.15, 0.2) is 0 Å². The van der Waals surface area contributed by atoms with E-state index < -0.39 is 15.8 Å². The molecule has 2 aromatic carbocycles. The number of nitrogens with two attached hydrogens (primary N) is 1. The van der Waals surface area contributed by atoms with Gasteiger partial charge in [0.25, 0.3) is 0 Å². The monoisotopic (exact) mass is 398 g/mol. The van der Waals surface area contributed by atoms with E-state index in [0.29, 0.717) is 35.3 Å². The van der Waals surface area contributed by atoms with E-state index in [1.807, 2.05) is 0 Å². The summed E-state index contributed by atoms with van der Waals surface area (Å²) in [4.78, 5) is 8.22. The van der Waals surface area contributed by atoms with Gasteiger partial charge < -0.3 is 5.73 Å². The molecule has 1 fully saturated rings. The van der Waals surface area contributed by atoms with Gasteiger partial charge in [-0.25, -0.2) is 12.8 Å². The number of nitrogens with zero attached hydrogens (tertiary/aromatic N) is 3. The van der Waals surface area contributed by atoms with Crippen LogP contribution in [0.3, 0.4) is 0 Å². The van der Waals surface area contributed by atoms with Gasteiger partial charge in [-0.05, 0) is 30.2 Å². The summed E-state index contributed by atoms with van der Waals surface area (Å²) in [7, 11) is -3.72. The molecule has 0 amide bonds. The Labute approximate surface area is 162 Å². The summed E-state index contributed by atoms with van der Waals surface area (Å²) in [6.07, 6.45) is 5.11. The largest absolute Gasteiger partial charge is 0.326 e. The zero-order chi connectivity index (χ0) is 19.7. The summed E-state index contributed by atoms with van der Waals surface area (Å²) in [5.41, 5.74) is 7.53. The first kappa shape index (κ1) is 18.7. The average Bonchev–Trinajstić information content (AvgIpc) is 3.16. The van der Waals surface area contributed by atoms with Crippen LogP contribution in [-0.2, 0) is 10.0 Å². The normalized spacial score (nSPS) is 17.7. The molecule has 28 heavy (non-hydrogen) atoms. The molecule has 4 rings (SSSR count). The van der Waals surface area contributed by atoms with Crippen molar-refractivity contribution in [3.8, 4) is 22.4 Å². The number of rotatable bonds is 4. The van der Waals surface area contributed by atoms with Crippen molar-refractivity contribution in [2.75, 3.05) is 13.1 Å². The second kappa shape index (κ2) is 7.38. The van der Waals surface area contributed by atoms with Gasteiger partial charge in [-0.1, -0.05) is 24.3 Å². The number of sulfonamides is 1. The smallest absolute Gasteiger partial charge is 0.243 e. The van der Waals surface area contributed by atoms with Gasteiger partial charge in [-0.2, -0.15) is 4.31 Å². The Morgan fingerprint density at radius 1 is 1.11 bits per heavy atom. The standard InChI is InChI=1S/C20H19FN4O2S/c21-18-11-14(5-6-17(18)19-12-23-8-9-24-19)16-3-1-2-4-20(16)28(26,27)25-10-7-15(22)13-25/h1-6,8-9,11-12,15H,7,10,13,22H2/t15-/m0/s1. The lowest BCUT2D eigenvalue weighted by Gasteiger charge is -2.19. The maximum Gasteiger partial charge on any atom is 0.243 e. The zero-order valence-electron chi connectivity index (χ0n) is 15.0. The van der Waals surface area contributed by atoms with Gasteiger partial charge in [0, 0.05) is 42.7 Å². The highest BCUT2D eigenvalue weighted by Gasteiger charge is 2.32. The molecule has 0 spiro atoms. The predicted molar refractivity (Wildman–Crippen MR) is 104 cm³/mol. The van der Waals surface area contributed by atoms with Crippen LogP contribution >= 0.6 is 0 Å². The van der Waals surface area contributed by atoms with E-state index in [4.69, 9.17) is 5.73 Å². The fourth-order valence-corrected chi connectivity index (χ4v) is 5.10. The fourth-order valence-electron chi connectivity index (χ4n) is 3.37. The first-order valence-corrected chi connectivity index (χ1v) is 10.3. The lowest BCUT2D eigenvalue weighted by molar-refractivity contribution is 0.472. The molecule has 0 bridgehead atoms. The Hall–Kier alpha value is -2.68. The molecule has 1 saturated heterocycles. The van der Waals surface area contributed by atoms with Crippen LogP contribution in [0, 0.1) is 5.82 Å². The molecule has 1 aromatic heterocycles. The second-order valence-corrected chi connectivity index (χ2v) is 8.60. The van der Waals surface area contributed by atoms with Crippen molar-refractivity contribution in [1.82, 2.24) is 14.3 Å². The molecule has 0 unspecified atom stereocenters. The first-order valence-electron chi connectivity index (χ1n) is 8.88. The number of halogens is 1. The minimum absolute atomic E-state index is 0.149. The maximum absolute atomic E-state index is 14.8. The summed E-state index contributed by atoms with van der Waals surface area (Å²) in [6, 6.07) is 11.1. The highest BCUT2D eigenvalue weighted by Crippen LogP contribution is 2.33. The molecular formula is C20H19FN4O2S. The first-order chi connectivity index (χ1) is 13.5. The van der Waals surface area contributed by atoms with E-state index >= 15 is 0 Å². The van der Waals surface area contributed by atoms with Crippen molar-refractivity contribution >= 4 is 10.0 Å². The average molecular weight is 398 g/mol. The third-order valence-electron chi connectivity index (χ3n) is 4.81. The molecule has 1 aliphatic heterocycles. The van der Waals surface area contributed by atoms with E-state index in [0.717, 1.165) is 0 Å². The number of aromatic nitrogens is 2. The molecule has 0 aliphatic carbocycles. The van der Waals surface area contributed by atoms with E-state index in [-0.39, 0.29) is 17.5 Å². The summed E-state index contributed by atoms with van der Waals surface area (Å²) in [6.45, 7) is 0.675. The maximum atomic E-state index is 14.8. The van der Waals surface area contributed by atoms with Gasteiger partial charge in [-0.3, -0.25) is 9.97 Å². The van der Waals surface area contributed by atoms with Crippen molar-refractivity contribution in [3.05, 3.63) is 66.9 Å². The fraction of sp³-hybridized carbons (Fsp3) is 0.200. The molecule has 1 atom stereocenters. The SMILES string of the molecule is N[C@H]1CCN(S(=O)(=O)c2ccccc2-c2ccc(-c3cnccn3)c(F)c2)C1. The van der Waals surface area contributed by atoms with E-state index in [2.05, 4.69) is 9.97 Å². The van der Waals surface area contributed by atoms with Gasteiger partial charge >= 0.3 is 0 Å². The highest BCUT2D eigenvalue weighted by molar-refractivity contribution is 7.89. The van der Waals surface area contributed by atoms with Gasteiger partial charge in [-0.15, -0.1) is 0 Å². The lowest BCUT2D eigenvalue weighted by atomic mass is 10.0. The van der Waals surface area contributed by atoms with Crippen molar-refractivity contribution in [2.45, 2.75) is 17.4 Å². The highest BCUT2D eigenvalue weighted by atomic mass is 32.2. The number of benzene rings is 2. The Bertz CT molecular complexity index is 1110. The molecule has 144 valence electrons. The Balaban J connectivity index is 1.76. The minimum atomic E-state index is -3.72. The lowest BCUT2D eigenvalue weighted by Crippen LogP contribution is -2.32. The van der Waals surface area contributed by atoms with Crippen LogP contribution in [0.15, 0.2) is 66.0 Å². The van der Waals surface area contributed by atoms with E-state index in [1.54, 1.807) is 36.4 Å². The van der Waals surface area contributed by atoms with Crippen LogP contribution in [0.1, 0.15) is 6.42 Å². The van der Waals surface area contributed by atoms with Crippen LogP contribution in [0.4, 0.5) is 4.39 Å². The molecule has 8 heteroatoms. The Kier molecular flexibility index (Phi) is 4.92. The van der Waals surface area contributed by atoms with Crippen molar-refractivity contribution in [2.24, 2.45) is 5.73 Å². The van der Waals surface area contributed by atoms with E-state index in [1.165, 1.54) is 29.0 Å². The third kappa shape index (κ3) is 3.42.